The van der Waals surface area contributed by atoms with Gasteiger partial charge >= 0.3 is 12.1 Å². The fraction of sp³-hybridized carbons (Fsp3) is 0.500. The van der Waals surface area contributed by atoms with Crippen molar-refractivity contribution in [3.8, 4) is 0 Å². The van der Waals surface area contributed by atoms with Gasteiger partial charge in [0, 0.05) is 0 Å². The Balaban J connectivity index is 2.58. The molecule has 14 heavy (non-hydrogen) atoms. The lowest BCUT2D eigenvalue weighted by Crippen LogP contribution is -2.38. The molecule has 78 valence electrons. The van der Waals surface area contributed by atoms with Crippen molar-refractivity contribution in [3.05, 3.63) is 12.2 Å². The lowest BCUT2D eigenvalue weighted by Gasteiger charge is -2.12. The van der Waals surface area contributed by atoms with Gasteiger partial charge in [0.1, 0.15) is 12.2 Å². The molecule has 0 fully saturated rings. The number of H-pyrrole nitrogens is 1. The molecule has 1 rings (SSSR count). The minimum Gasteiger partial charge on any atom is -0.339 e. The molecule has 0 aliphatic rings. The van der Waals surface area contributed by atoms with Crippen molar-refractivity contribution < 1.29 is 18.0 Å². The summed E-state index contributed by atoms with van der Waals surface area (Å²) < 4.78 is 35.4. The molecule has 0 aliphatic carbocycles. The molecule has 2 N–H and O–H groups in total. The molecule has 0 bridgehead atoms. The molecule has 1 unspecified atom stereocenters. The second kappa shape index (κ2) is 3.64. The number of aromatic amines is 1. The van der Waals surface area contributed by atoms with E-state index in [0.29, 0.717) is 0 Å². The summed E-state index contributed by atoms with van der Waals surface area (Å²) in [6.45, 7) is 1.37. The number of nitrogens with zero attached hydrogens (tertiary/aromatic N) is 2. The summed E-state index contributed by atoms with van der Waals surface area (Å²) >= 11 is 0. The maximum atomic E-state index is 11.8. The molecule has 1 aromatic heterocycles. The Morgan fingerprint density at radius 3 is 2.71 bits per heavy atom. The number of amides is 1. The van der Waals surface area contributed by atoms with Crippen LogP contribution >= 0.6 is 0 Å². The quantitative estimate of drug-likeness (QED) is 0.745. The molecule has 1 aromatic rings. The highest BCUT2D eigenvalue weighted by atomic mass is 19.4. The van der Waals surface area contributed by atoms with Crippen LogP contribution in [0.5, 0.6) is 0 Å². The van der Waals surface area contributed by atoms with Crippen LogP contribution in [0, 0.1) is 0 Å². The van der Waals surface area contributed by atoms with Gasteiger partial charge in [-0.3, -0.25) is 9.89 Å². The van der Waals surface area contributed by atoms with Gasteiger partial charge in [0.15, 0.2) is 0 Å². The molecule has 0 aromatic carbocycles. The van der Waals surface area contributed by atoms with Crippen LogP contribution in [-0.2, 0) is 4.79 Å². The number of carbonyl (C=O) groups is 1. The van der Waals surface area contributed by atoms with E-state index in [2.05, 4.69) is 15.2 Å². The molecule has 0 saturated heterocycles. The number of halogens is 3. The third kappa shape index (κ3) is 2.44. The van der Waals surface area contributed by atoms with E-state index < -0.39 is 18.1 Å². The number of alkyl halides is 3. The summed E-state index contributed by atoms with van der Waals surface area (Å²) in [6, 6.07) is -0.855. The summed E-state index contributed by atoms with van der Waals surface area (Å²) in [5, 5.41) is 7.52. The lowest BCUT2D eigenvalue weighted by atomic mass is 10.3. The number of hydrogen-bond donors (Lipinski definition) is 2. The molecule has 8 heteroatoms. The number of nitrogens with one attached hydrogen (secondary N) is 2. The van der Waals surface area contributed by atoms with Crippen molar-refractivity contribution in [2.24, 2.45) is 0 Å². The number of aromatic nitrogens is 3. The van der Waals surface area contributed by atoms with Gasteiger partial charge in [-0.15, -0.1) is 0 Å². The van der Waals surface area contributed by atoms with Gasteiger partial charge < -0.3 is 5.32 Å². The fourth-order valence-corrected chi connectivity index (χ4v) is 0.770. The highest BCUT2D eigenvalue weighted by Gasteiger charge is 2.39. The molecule has 0 aliphatic heterocycles. The summed E-state index contributed by atoms with van der Waals surface area (Å²) in [5.74, 6) is -1.83. The monoisotopic (exact) mass is 208 g/mol. The maximum Gasteiger partial charge on any atom is 0.471 e. The Kier molecular flexibility index (Phi) is 2.73. The zero-order valence-corrected chi connectivity index (χ0v) is 7.09. The summed E-state index contributed by atoms with van der Waals surface area (Å²) in [5.41, 5.74) is 0. The Labute approximate surface area is 76.7 Å². The molecule has 1 atom stereocenters. The molecule has 1 heterocycles. The minimum atomic E-state index is -4.88. The average molecular weight is 208 g/mol. The van der Waals surface area contributed by atoms with Gasteiger partial charge in [-0.2, -0.15) is 18.3 Å². The van der Waals surface area contributed by atoms with Crippen molar-refractivity contribution in [1.29, 1.82) is 0 Å². The van der Waals surface area contributed by atoms with Gasteiger partial charge in [0.2, 0.25) is 0 Å². The van der Waals surface area contributed by atoms with Crippen LogP contribution in [0.1, 0.15) is 18.8 Å². The third-order valence-electron chi connectivity index (χ3n) is 1.45. The summed E-state index contributed by atoms with van der Waals surface area (Å²) in [7, 11) is 0. The first-order valence-electron chi connectivity index (χ1n) is 3.64. The van der Waals surface area contributed by atoms with Gasteiger partial charge in [-0.05, 0) is 6.92 Å². The highest BCUT2D eigenvalue weighted by molar-refractivity contribution is 5.81. The molecule has 0 spiro atoms. The third-order valence-corrected chi connectivity index (χ3v) is 1.45. The number of hydrogen-bond acceptors (Lipinski definition) is 3. The van der Waals surface area contributed by atoms with E-state index in [0.717, 1.165) is 6.33 Å². The van der Waals surface area contributed by atoms with Crippen molar-refractivity contribution in [2.45, 2.75) is 19.1 Å². The number of rotatable bonds is 2. The number of carbonyl (C=O) groups excluding carboxylic acids is 1. The molecule has 0 saturated carbocycles. The average Bonchev–Trinajstić information content (AvgIpc) is 2.53. The van der Waals surface area contributed by atoms with E-state index in [1.165, 1.54) is 6.92 Å². The minimum absolute atomic E-state index is 0.169. The van der Waals surface area contributed by atoms with E-state index in [9.17, 15) is 18.0 Å². The first kappa shape index (κ1) is 10.5. The Morgan fingerprint density at radius 2 is 2.29 bits per heavy atom. The van der Waals surface area contributed by atoms with E-state index in [4.69, 9.17) is 0 Å². The smallest absolute Gasteiger partial charge is 0.339 e. The van der Waals surface area contributed by atoms with Gasteiger partial charge in [0.05, 0.1) is 6.04 Å². The molecular weight excluding hydrogens is 201 g/mol. The van der Waals surface area contributed by atoms with E-state index >= 15 is 0 Å². The van der Waals surface area contributed by atoms with Crippen LogP contribution < -0.4 is 5.32 Å². The van der Waals surface area contributed by atoms with Crippen LogP contribution in [0.25, 0.3) is 0 Å². The second-order valence-corrected chi connectivity index (χ2v) is 2.56. The van der Waals surface area contributed by atoms with Crippen molar-refractivity contribution in [1.82, 2.24) is 20.5 Å². The van der Waals surface area contributed by atoms with E-state index in [1.54, 1.807) is 5.32 Å². The standard InChI is InChI=1S/C6H7F3N4O/c1-3(4-10-2-11-13-4)12-5(14)6(7,8)9/h2-3H,1H3,(H,12,14)(H,10,11,13). The van der Waals surface area contributed by atoms with E-state index in [1.807, 2.05) is 0 Å². The topological polar surface area (TPSA) is 70.7 Å². The van der Waals surface area contributed by atoms with Crippen LogP contribution in [0.15, 0.2) is 6.33 Å². The predicted molar refractivity (Wildman–Crippen MR) is 39.0 cm³/mol. The lowest BCUT2D eigenvalue weighted by molar-refractivity contribution is -0.174. The molecule has 5 nitrogen and oxygen atoms in total. The highest BCUT2D eigenvalue weighted by Crippen LogP contribution is 2.16. The van der Waals surface area contributed by atoms with Crippen molar-refractivity contribution >= 4 is 5.91 Å². The van der Waals surface area contributed by atoms with Crippen molar-refractivity contribution in [3.63, 3.8) is 0 Å². The van der Waals surface area contributed by atoms with Gasteiger partial charge in [-0.1, -0.05) is 0 Å². The van der Waals surface area contributed by atoms with Crippen LogP contribution in [-0.4, -0.2) is 27.3 Å². The normalized spacial score (nSPS) is 13.7. The summed E-state index contributed by atoms with van der Waals surface area (Å²) in [4.78, 5) is 14.1. The first-order valence-corrected chi connectivity index (χ1v) is 3.64. The van der Waals surface area contributed by atoms with Gasteiger partial charge in [-0.25, -0.2) is 4.98 Å². The zero-order chi connectivity index (χ0) is 10.8. The Hall–Kier alpha value is -1.60. The van der Waals surface area contributed by atoms with Crippen LogP contribution in [0.4, 0.5) is 13.2 Å². The predicted octanol–water partition coefficient (Wildman–Crippen LogP) is 0.544. The van der Waals surface area contributed by atoms with Crippen LogP contribution in [0.3, 0.4) is 0 Å². The van der Waals surface area contributed by atoms with Crippen LogP contribution in [0.2, 0.25) is 0 Å². The fourth-order valence-electron chi connectivity index (χ4n) is 0.770. The second-order valence-electron chi connectivity index (χ2n) is 2.56. The Bertz CT molecular complexity index is 307. The largest absolute Gasteiger partial charge is 0.471 e. The summed E-state index contributed by atoms with van der Waals surface area (Å²) in [6.07, 6.45) is -3.74. The zero-order valence-electron chi connectivity index (χ0n) is 7.09. The maximum absolute atomic E-state index is 11.8. The van der Waals surface area contributed by atoms with Gasteiger partial charge in [0.25, 0.3) is 0 Å². The first-order chi connectivity index (χ1) is 6.41. The van der Waals surface area contributed by atoms with E-state index in [-0.39, 0.29) is 5.82 Å². The van der Waals surface area contributed by atoms with Crippen molar-refractivity contribution in [2.75, 3.05) is 0 Å². The Morgan fingerprint density at radius 1 is 1.64 bits per heavy atom. The SMILES string of the molecule is CC(NC(=O)C(F)(F)F)c1ncn[nH]1. The molecular formula is C6H7F3N4O. The molecule has 0 radical (unpaired) electrons. The molecule has 1 amide bonds.